The largest absolute Gasteiger partial charge is 0.444 e. The molecule has 1 saturated heterocycles. The van der Waals surface area contributed by atoms with Crippen LogP contribution in [-0.2, 0) is 0 Å². The van der Waals surface area contributed by atoms with E-state index in [4.69, 9.17) is 4.42 Å². The molecule has 1 aromatic carbocycles. The van der Waals surface area contributed by atoms with Crippen LogP contribution >= 0.6 is 12.4 Å². The second-order valence-corrected chi connectivity index (χ2v) is 5.95. The lowest BCUT2D eigenvalue weighted by Gasteiger charge is -2.31. The average Bonchev–Trinajstić information content (AvgIpc) is 3.11. The molecule has 0 radical (unpaired) electrons. The first-order valence-corrected chi connectivity index (χ1v) is 8.29. The zero-order chi connectivity index (χ0) is 16.1. The molecule has 130 valence electrons. The predicted molar refractivity (Wildman–Crippen MR) is 96.4 cm³/mol. The van der Waals surface area contributed by atoms with Gasteiger partial charge in [-0.25, -0.2) is 4.98 Å². The summed E-state index contributed by atoms with van der Waals surface area (Å²) in [5, 5.41) is 3.38. The Hall–Kier alpha value is -1.85. The molecule has 1 aromatic heterocycles. The number of hydrogen-bond acceptors (Lipinski definition) is 4. The Morgan fingerprint density at radius 2 is 2.00 bits per heavy atom. The summed E-state index contributed by atoms with van der Waals surface area (Å²) in [6.45, 7) is 5.75. The van der Waals surface area contributed by atoms with E-state index in [0.717, 1.165) is 44.6 Å². The molecular formula is C18H24ClN3O2. The Morgan fingerprint density at radius 3 is 2.67 bits per heavy atom. The molecule has 0 spiro atoms. The van der Waals surface area contributed by atoms with Gasteiger partial charge in [-0.2, -0.15) is 0 Å². The van der Waals surface area contributed by atoms with Crippen LogP contribution in [0.15, 0.2) is 41.0 Å². The summed E-state index contributed by atoms with van der Waals surface area (Å²) in [4.78, 5) is 18.8. The van der Waals surface area contributed by atoms with E-state index >= 15 is 0 Å². The van der Waals surface area contributed by atoms with E-state index in [1.807, 2.05) is 35.2 Å². The van der Waals surface area contributed by atoms with Crippen molar-refractivity contribution in [2.45, 2.75) is 19.8 Å². The van der Waals surface area contributed by atoms with Crippen molar-refractivity contribution in [2.24, 2.45) is 5.92 Å². The molecule has 2 heterocycles. The number of rotatable bonds is 5. The average molecular weight is 350 g/mol. The Labute approximate surface area is 148 Å². The number of amides is 1. The minimum Gasteiger partial charge on any atom is -0.444 e. The maximum Gasteiger partial charge on any atom is 0.275 e. The van der Waals surface area contributed by atoms with Crippen LogP contribution in [0.5, 0.6) is 0 Å². The van der Waals surface area contributed by atoms with E-state index < -0.39 is 0 Å². The zero-order valence-electron chi connectivity index (χ0n) is 13.9. The summed E-state index contributed by atoms with van der Waals surface area (Å²) in [6, 6.07) is 9.64. The molecular weight excluding hydrogens is 326 g/mol. The lowest BCUT2D eigenvalue weighted by molar-refractivity contribution is 0.0684. The smallest absolute Gasteiger partial charge is 0.275 e. The molecule has 1 aliphatic rings. The number of nitrogens with zero attached hydrogens (tertiary/aromatic N) is 2. The maximum absolute atomic E-state index is 12.6. The summed E-state index contributed by atoms with van der Waals surface area (Å²) in [5.41, 5.74) is 1.28. The SMILES string of the molecule is CCNCC1CCN(C(=O)c2coc(-c3ccccc3)n2)CC1.Cl. The minimum absolute atomic E-state index is 0. The molecule has 0 unspecified atom stereocenters. The molecule has 0 bridgehead atoms. The van der Waals surface area contributed by atoms with Gasteiger partial charge < -0.3 is 14.6 Å². The number of piperidine rings is 1. The third kappa shape index (κ3) is 4.36. The third-order valence-electron chi connectivity index (χ3n) is 4.33. The van der Waals surface area contributed by atoms with Gasteiger partial charge in [0.2, 0.25) is 5.89 Å². The highest BCUT2D eigenvalue weighted by molar-refractivity contribution is 5.92. The number of oxazole rings is 1. The first-order chi connectivity index (χ1) is 11.3. The van der Waals surface area contributed by atoms with Gasteiger partial charge in [0.15, 0.2) is 5.69 Å². The Kier molecular flexibility index (Phi) is 6.82. The first kappa shape index (κ1) is 18.5. The molecule has 1 fully saturated rings. The number of likely N-dealkylation sites (tertiary alicyclic amines) is 1. The summed E-state index contributed by atoms with van der Waals surface area (Å²) >= 11 is 0. The Morgan fingerprint density at radius 1 is 1.29 bits per heavy atom. The van der Waals surface area contributed by atoms with Crippen LogP contribution in [0.25, 0.3) is 11.5 Å². The summed E-state index contributed by atoms with van der Waals surface area (Å²) in [6.07, 6.45) is 3.56. The molecule has 6 heteroatoms. The predicted octanol–water partition coefficient (Wildman–Crippen LogP) is 3.23. The van der Waals surface area contributed by atoms with Gasteiger partial charge in [-0.15, -0.1) is 12.4 Å². The van der Waals surface area contributed by atoms with Crippen molar-refractivity contribution in [3.63, 3.8) is 0 Å². The molecule has 3 rings (SSSR count). The topological polar surface area (TPSA) is 58.4 Å². The van der Waals surface area contributed by atoms with E-state index in [9.17, 15) is 4.79 Å². The molecule has 1 N–H and O–H groups in total. The highest BCUT2D eigenvalue weighted by Crippen LogP contribution is 2.21. The van der Waals surface area contributed by atoms with Crippen molar-refractivity contribution in [3.8, 4) is 11.5 Å². The van der Waals surface area contributed by atoms with Crippen LogP contribution in [0, 0.1) is 5.92 Å². The monoisotopic (exact) mass is 349 g/mol. The highest BCUT2D eigenvalue weighted by atomic mass is 35.5. The number of benzene rings is 1. The summed E-state index contributed by atoms with van der Waals surface area (Å²) < 4.78 is 5.47. The first-order valence-electron chi connectivity index (χ1n) is 8.29. The normalized spacial score (nSPS) is 15.1. The van der Waals surface area contributed by atoms with Crippen LogP contribution in [-0.4, -0.2) is 42.0 Å². The van der Waals surface area contributed by atoms with Crippen LogP contribution in [0.1, 0.15) is 30.3 Å². The van der Waals surface area contributed by atoms with Gasteiger partial charge in [0.05, 0.1) is 0 Å². The molecule has 0 aliphatic carbocycles. The molecule has 0 atom stereocenters. The molecule has 0 saturated carbocycles. The number of carbonyl (C=O) groups is 1. The van der Waals surface area contributed by atoms with Gasteiger partial charge in [-0.3, -0.25) is 4.79 Å². The van der Waals surface area contributed by atoms with Gasteiger partial charge >= 0.3 is 0 Å². The van der Waals surface area contributed by atoms with Crippen molar-refractivity contribution >= 4 is 18.3 Å². The molecule has 2 aromatic rings. The van der Waals surface area contributed by atoms with E-state index in [2.05, 4.69) is 17.2 Å². The fourth-order valence-corrected chi connectivity index (χ4v) is 2.94. The summed E-state index contributed by atoms with van der Waals surface area (Å²) in [7, 11) is 0. The lowest BCUT2D eigenvalue weighted by Crippen LogP contribution is -2.40. The zero-order valence-corrected chi connectivity index (χ0v) is 14.7. The number of nitrogens with one attached hydrogen (secondary N) is 1. The molecule has 1 aliphatic heterocycles. The quantitative estimate of drug-likeness (QED) is 0.900. The van der Waals surface area contributed by atoms with Gasteiger partial charge in [-0.05, 0) is 44.0 Å². The minimum atomic E-state index is -0.0298. The molecule has 24 heavy (non-hydrogen) atoms. The van der Waals surface area contributed by atoms with Crippen molar-refractivity contribution in [2.75, 3.05) is 26.2 Å². The van der Waals surface area contributed by atoms with Gasteiger partial charge in [0, 0.05) is 18.7 Å². The number of aromatic nitrogens is 1. The van der Waals surface area contributed by atoms with Crippen molar-refractivity contribution in [3.05, 3.63) is 42.3 Å². The van der Waals surface area contributed by atoms with E-state index in [1.165, 1.54) is 6.26 Å². The third-order valence-corrected chi connectivity index (χ3v) is 4.33. The molecule has 5 nitrogen and oxygen atoms in total. The Bertz CT molecular complexity index is 637. The lowest BCUT2D eigenvalue weighted by atomic mass is 9.96. The second kappa shape index (κ2) is 8.85. The van der Waals surface area contributed by atoms with E-state index in [1.54, 1.807) is 0 Å². The Balaban J connectivity index is 0.00000208. The van der Waals surface area contributed by atoms with Crippen LogP contribution in [0.4, 0.5) is 0 Å². The number of halogens is 1. The molecule has 1 amide bonds. The van der Waals surface area contributed by atoms with E-state index in [-0.39, 0.29) is 18.3 Å². The maximum atomic E-state index is 12.6. The number of carbonyl (C=O) groups excluding carboxylic acids is 1. The van der Waals surface area contributed by atoms with Gasteiger partial charge in [0.25, 0.3) is 5.91 Å². The van der Waals surface area contributed by atoms with Gasteiger partial charge in [-0.1, -0.05) is 25.1 Å². The second-order valence-electron chi connectivity index (χ2n) is 5.95. The fourth-order valence-electron chi connectivity index (χ4n) is 2.94. The van der Waals surface area contributed by atoms with Crippen molar-refractivity contribution < 1.29 is 9.21 Å². The highest BCUT2D eigenvalue weighted by Gasteiger charge is 2.25. The number of hydrogen-bond donors (Lipinski definition) is 1. The van der Waals surface area contributed by atoms with Crippen LogP contribution in [0.2, 0.25) is 0 Å². The van der Waals surface area contributed by atoms with Crippen LogP contribution < -0.4 is 5.32 Å². The van der Waals surface area contributed by atoms with Crippen LogP contribution in [0.3, 0.4) is 0 Å². The van der Waals surface area contributed by atoms with Crippen molar-refractivity contribution in [1.82, 2.24) is 15.2 Å². The summed E-state index contributed by atoms with van der Waals surface area (Å²) in [5.74, 6) is 1.13. The van der Waals surface area contributed by atoms with Crippen molar-refractivity contribution in [1.29, 1.82) is 0 Å². The van der Waals surface area contributed by atoms with E-state index in [0.29, 0.717) is 17.5 Å². The van der Waals surface area contributed by atoms with Gasteiger partial charge in [0.1, 0.15) is 6.26 Å². The standard InChI is InChI=1S/C18H23N3O2.ClH/c1-2-19-12-14-8-10-21(11-9-14)18(22)16-13-23-17(20-16)15-6-4-3-5-7-15;/h3-7,13-14,19H,2,8-12H2,1H3;1H. The fraction of sp³-hybridized carbons (Fsp3) is 0.444.